The molecule has 3 aliphatic heterocycles. The number of amides is 1. The number of anilines is 1. The fourth-order valence-electron chi connectivity index (χ4n) is 6.12. The summed E-state index contributed by atoms with van der Waals surface area (Å²) in [5, 5.41) is 17.4. The number of nitrogens with zero attached hydrogens (tertiary/aromatic N) is 4. The number of carbonyl (C=O) groups is 1. The van der Waals surface area contributed by atoms with E-state index in [1.165, 1.54) is 12.8 Å². The highest BCUT2D eigenvalue weighted by atomic mass is 35.5. The molecule has 2 fully saturated rings. The second-order valence-electron chi connectivity index (χ2n) is 10.1. The minimum atomic E-state index is 0. The molecule has 0 saturated carbocycles. The van der Waals surface area contributed by atoms with Crippen LogP contribution in [0.15, 0.2) is 41.4 Å². The highest BCUT2D eigenvalue weighted by Gasteiger charge is 2.40. The van der Waals surface area contributed by atoms with Gasteiger partial charge in [0.25, 0.3) is 0 Å². The molecule has 3 aliphatic rings. The van der Waals surface area contributed by atoms with Gasteiger partial charge in [-0.05, 0) is 68.0 Å². The molecule has 2 saturated heterocycles. The van der Waals surface area contributed by atoms with Crippen LogP contribution >= 0.6 is 24.2 Å². The molecule has 5 heterocycles. The summed E-state index contributed by atoms with van der Waals surface area (Å²) in [6, 6.07) is 13.9. The molecular formula is C28H31ClN6O2S. The molecule has 198 valence electrons. The van der Waals surface area contributed by atoms with Crippen molar-refractivity contribution in [2.75, 3.05) is 24.7 Å². The van der Waals surface area contributed by atoms with Crippen LogP contribution in [0.1, 0.15) is 42.5 Å². The van der Waals surface area contributed by atoms with Crippen LogP contribution < -0.4 is 15.4 Å². The Kier molecular flexibility index (Phi) is 8.05. The topological polar surface area (TPSA) is 103 Å². The van der Waals surface area contributed by atoms with Gasteiger partial charge >= 0.3 is 0 Å². The number of thioether (sulfide) groups is 1. The quantitative estimate of drug-likeness (QED) is 0.449. The molecule has 0 radical (unpaired) electrons. The number of benzene rings is 1. The molecule has 1 aromatic carbocycles. The van der Waals surface area contributed by atoms with Gasteiger partial charge in [-0.15, -0.1) is 24.2 Å². The molecule has 6 rings (SSSR count). The lowest BCUT2D eigenvalue weighted by atomic mass is 9.95. The van der Waals surface area contributed by atoms with Crippen molar-refractivity contribution >= 4 is 46.8 Å². The third kappa shape index (κ3) is 5.32. The van der Waals surface area contributed by atoms with Gasteiger partial charge in [-0.25, -0.2) is 4.98 Å². The highest BCUT2D eigenvalue weighted by Crippen LogP contribution is 2.37. The van der Waals surface area contributed by atoms with E-state index in [0.29, 0.717) is 41.8 Å². The summed E-state index contributed by atoms with van der Waals surface area (Å²) < 4.78 is 5.44. The van der Waals surface area contributed by atoms with Gasteiger partial charge in [0.05, 0.1) is 34.5 Å². The number of aromatic nitrogens is 2. The SMILES string of the molecule is COc1ccc2ncc(C#N)c(CCN3[C@@H]4CC[C@H]3CC(NCc3ccc5c(n3)NC(=O)CS5)C4)c2c1.Cl. The Morgan fingerprint density at radius 1 is 1.24 bits per heavy atom. The van der Waals surface area contributed by atoms with Gasteiger partial charge in [0.15, 0.2) is 0 Å². The number of nitrogens with one attached hydrogen (secondary N) is 2. The van der Waals surface area contributed by atoms with E-state index in [4.69, 9.17) is 4.74 Å². The zero-order chi connectivity index (χ0) is 25.4. The highest BCUT2D eigenvalue weighted by molar-refractivity contribution is 8.00. The number of halogens is 1. The van der Waals surface area contributed by atoms with E-state index in [1.54, 1.807) is 25.1 Å². The van der Waals surface area contributed by atoms with E-state index in [1.807, 2.05) is 18.2 Å². The van der Waals surface area contributed by atoms with Crippen molar-refractivity contribution < 1.29 is 9.53 Å². The summed E-state index contributed by atoms with van der Waals surface area (Å²) in [5.41, 5.74) is 3.57. The number of methoxy groups -OCH3 is 1. The summed E-state index contributed by atoms with van der Waals surface area (Å²) in [6.45, 7) is 1.64. The summed E-state index contributed by atoms with van der Waals surface area (Å²) in [5.74, 6) is 1.94. The molecule has 2 bridgehead atoms. The van der Waals surface area contributed by atoms with E-state index in [0.717, 1.165) is 58.6 Å². The normalized spacial score (nSPS) is 22.3. The number of fused-ring (bicyclic) bond motifs is 4. The average molecular weight is 551 g/mol. The fraction of sp³-hybridized carbons (Fsp3) is 0.429. The van der Waals surface area contributed by atoms with Crippen molar-refractivity contribution in [1.29, 1.82) is 5.26 Å². The Hall–Kier alpha value is -2.90. The van der Waals surface area contributed by atoms with Crippen LogP contribution in [0.25, 0.3) is 10.9 Å². The smallest absolute Gasteiger partial charge is 0.235 e. The van der Waals surface area contributed by atoms with Crippen molar-refractivity contribution in [2.24, 2.45) is 0 Å². The van der Waals surface area contributed by atoms with E-state index in [-0.39, 0.29) is 18.3 Å². The molecule has 0 aliphatic carbocycles. The first-order valence-electron chi connectivity index (χ1n) is 12.9. The Labute approximate surface area is 233 Å². The maximum atomic E-state index is 11.7. The molecule has 3 atom stereocenters. The van der Waals surface area contributed by atoms with Gasteiger partial charge in [-0.3, -0.25) is 14.7 Å². The maximum absolute atomic E-state index is 11.7. The number of rotatable bonds is 7. The lowest BCUT2D eigenvalue weighted by Gasteiger charge is -2.39. The van der Waals surface area contributed by atoms with Gasteiger partial charge in [0, 0.05) is 42.8 Å². The van der Waals surface area contributed by atoms with Crippen LogP contribution in [0.2, 0.25) is 0 Å². The lowest BCUT2D eigenvalue weighted by Crippen LogP contribution is -2.49. The van der Waals surface area contributed by atoms with E-state index >= 15 is 0 Å². The van der Waals surface area contributed by atoms with Crippen LogP contribution in [0.5, 0.6) is 5.75 Å². The third-order valence-electron chi connectivity index (χ3n) is 7.92. The molecule has 3 aromatic rings. The standard InChI is InChI=1S/C28H30N6O2S.ClH/c1-36-22-5-6-25-24(12-22)23(17(13-29)14-31-25)8-9-34-20-3-4-21(34)11-19(10-20)30-15-18-2-7-26-28(32-18)33-27(35)16-37-26;/h2,5-7,12,14,19-21,30H,3-4,8-11,15-16H2,1H3,(H,32,33,35);1H/t19?,20-,21+;. The van der Waals surface area contributed by atoms with Gasteiger partial charge in [-0.2, -0.15) is 5.26 Å². The van der Waals surface area contributed by atoms with Crippen LogP contribution in [-0.2, 0) is 17.8 Å². The van der Waals surface area contributed by atoms with Crippen molar-refractivity contribution in [2.45, 2.75) is 61.7 Å². The number of carbonyl (C=O) groups excluding carboxylic acids is 1. The maximum Gasteiger partial charge on any atom is 0.235 e. The first-order chi connectivity index (χ1) is 18.1. The fourth-order valence-corrected chi connectivity index (χ4v) is 6.87. The minimum Gasteiger partial charge on any atom is -0.497 e. The lowest BCUT2D eigenvalue weighted by molar-refractivity contribution is -0.113. The molecule has 8 nitrogen and oxygen atoms in total. The van der Waals surface area contributed by atoms with Gasteiger partial charge < -0.3 is 15.4 Å². The Bertz CT molecular complexity index is 1380. The third-order valence-corrected chi connectivity index (χ3v) is 8.96. The van der Waals surface area contributed by atoms with E-state index in [2.05, 4.69) is 43.7 Å². The van der Waals surface area contributed by atoms with Crippen LogP contribution in [0.4, 0.5) is 5.82 Å². The van der Waals surface area contributed by atoms with Crippen LogP contribution in [0.3, 0.4) is 0 Å². The summed E-state index contributed by atoms with van der Waals surface area (Å²) >= 11 is 1.54. The molecule has 1 unspecified atom stereocenters. The van der Waals surface area contributed by atoms with Crippen molar-refractivity contribution in [3.05, 3.63) is 53.3 Å². The molecular weight excluding hydrogens is 520 g/mol. The molecule has 10 heteroatoms. The molecule has 2 N–H and O–H groups in total. The first kappa shape index (κ1) is 26.7. The predicted octanol–water partition coefficient (Wildman–Crippen LogP) is 4.30. The zero-order valence-electron chi connectivity index (χ0n) is 21.3. The Morgan fingerprint density at radius 3 is 2.82 bits per heavy atom. The monoisotopic (exact) mass is 550 g/mol. The average Bonchev–Trinajstić information content (AvgIpc) is 3.16. The Morgan fingerprint density at radius 2 is 2.05 bits per heavy atom. The van der Waals surface area contributed by atoms with Crippen LogP contribution in [0, 0.1) is 11.3 Å². The number of ether oxygens (including phenoxy) is 1. The van der Waals surface area contributed by atoms with Gasteiger partial charge in [0.1, 0.15) is 17.6 Å². The van der Waals surface area contributed by atoms with E-state index < -0.39 is 0 Å². The molecule has 38 heavy (non-hydrogen) atoms. The molecule has 2 aromatic heterocycles. The number of piperidine rings is 1. The predicted molar refractivity (Wildman–Crippen MR) is 151 cm³/mol. The molecule has 0 spiro atoms. The van der Waals surface area contributed by atoms with E-state index in [9.17, 15) is 10.1 Å². The number of hydrogen-bond donors (Lipinski definition) is 2. The zero-order valence-corrected chi connectivity index (χ0v) is 22.9. The van der Waals surface area contributed by atoms with Gasteiger partial charge in [-0.1, -0.05) is 0 Å². The Balaban J connectivity index is 0.00000294. The van der Waals surface area contributed by atoms with Crippen molar-refractivity contribution in [3.63, 3.8) is 0 Å². The number of nitriles is 1. The number of pyridine rings is 2. The van der Waals surface area contributed by atoms with Crippen LogP contribution in [-0.4, -0.2) is 58.3 Å². The summed E-state index contributed by atoms with van der Waals surface area (Å²) in [6.07, 6.45) is 7.20. The summed E-state index contributed by atoms with van der Waals surface area (Å²) in [4.78, 5) is 24.6. The minimum absolute atomic E-state index is 0. The summed E-state index contributed by atoms with van der Waals surface area (Å²) in [7, 11) is 1.66. The van der Waals surface area contributed by atoms with Crippen molar-refractivity contribution in [3.8, 4) is 11.8 Å². The second kappa shape index (κ2) is 11.5. The largest absolute Gasteiger partial charge is 0.497 e. The number of hydrogen-bond acceptors (Lipinski definition) is 8. The first-order valence-corrected chi connectivity index (χ1v) is 13.9. The van der Waals surface area contributed by atoms with Crippen molar-refractivity contribution in [1.82, 2.24) is 20.2 Å². The molecule has 1 amide bonds. The van der Waals surface area contributed by atoms with Gasteiger partial charge in [0.2, 0.25) is 5.91 Å². The second-order valence-corrected chi connectivity index (χ2v) is 11.1.